The molecular formula is C16H16F3N5O2. The highest BCUT2D eigenvalue weighted by molar-refractivity contribution is 5.94. The number of H-pyrrole nitrogens is 1. The maximum Gasteiger partial charge on any atom is 0.416 e. The topological polar surface area (TPSA) is 81.3 Å². The predicted molar refractivity (Wildman–Crippen MR) is 86.5 cm³/mol. The van der Waals surface area contributed by atoms with Crippen molar-refractivity contribution in [2.75, 3.05) is 31.5 Å². The maximum absolute atomic E-state index is 12.6. The molecular weight excluding hydrogens is 351 g/mol. The third-order valence-corrected chi connectivity index (χ3v) is 4.06. The lowest BCUT2D eigenvalue weighted by Crippen LogP contribution is -2.51. The van der Waals surface area contributed by atoms with Crippen molar-refractivity contribution in [3.63, 3.8) is 0 Å². The highest BCUT2D eigenvalue weighted by atomic mass is 19.4. The first kappa shape index (κ1) is 17.8. The van der Waals surface area contributed by atoms with E-state index < -0.39 is 11.7 Å². The number of urea groups is 1. The molecule has 2 heterocycles. The molecule has 3 rings (SSSR count). The SMILES string of the molecule is O=C(Nc1cn[nH]c1)N1CCN(C(=O)c2ccc(C(F)(F)F)cc2)CC1. The predicted octanol–water partition coefficient (Wildman–Crippen LogP) is 2.42. The van der Waals surface area contributed by atoms with Gasteiger partial charge in [-0.3, -0.25) is 9.89 Å². The first-order valence-corrected chi connectivity index (χ1v) is 7.86. The molecule has 26 heavy (non-hydrogen) atoms. The van der Waals surface area contributed by atoms with Crippen LogP contribution < -0.4 is 5.32 Å². The van der Waals surface area contributed by atoms with Crippen LogP contribution in [0.1, 0.15) is 15.9 Å². The van der Waals surface area contributed by atoms with Crippen LogP contribution in [0, 0.1) is 0 Å². The average molecular weight is 367 g/mol. The van der Waals surface area contributed by atoms with Gasteiger partial charge in [0.2, 0.25) is 0 Å². The Morgan fingerprint density at radius 2 is 1.65 bits per heavy atom. The van der Waals surface area contributed by atoms with E-state index in [0.717, 1.165) is 12.1 Å². The number of piperazine rings is 1. The van der Waals surface area contributed by atoms with Crippen LogP contribution in [-0.2, 0) is 6.18 Å². The Labute approximate surface area is 146 Å². The molecule has 2 N–H and O–H groups in total. The van der Waals surface area contributed by atoms with E-state index in [4.69, 9.17) is 0 Å². The standard InChI is InChI=1S/C16H16F3N5O2/c17-16(18,19)12-3-1-11(2-4-12)14(25)23-5-7-24(8-6-23)15(26)22-13-9-20-21-10-13/h1-4,9-10H,5-8H2,(H,20,21)(H,22,26). The molecule has 10 heteroatoms. The van der Waals surface area contributed by atoms with Crippen molar-refractivity contribution in [2.24, 2.45) is 0 Å². The average Bonchev–Trinajstić information content (AvgIpc) is 3.13. The second-order valence-electron chi connectivity index (χ2n) is 5.77. The van der Waals surface area contributed by atoms with Gasteiger partial charge in [0, 0.05) is 37.9 Å². The molecule has 1 fully saturated rings. The van der Waals surface area contributed by atoms with Crippen molar-refractivity contribution in [3.05, 3.63) is 47.8 Å². The summed E-state index contributed by atoms with van der Waals surface area (Å²) in [6.45, 7) is 1.27. The molecule has 1 saturated heterocycles. The fourth-order valence-corrected chi connectivity index (χ4v) is 2.62. The lowest BCUT2D eigenvalue weighted by Gasteiger charge is -2.34. The number of carbonyl (C=O) groups excluding carboxylic acids is 2. The van der Waals surface area contributed by atoms with Crippen molar-refractivity contribution >= 4 is 17.6 Å². The van der Waals surface area contributed by atoms with Gasteiger partial charge < -0.3 is 15.1 Å². The smallest absolute Gasteiger partial charge is 0.335 e. The van der Waals surface area contributed by atoms with Crippen molar-refractivity contribution in [1.29, 1.82) is 0 Å². The van der Waals surface area contributed by atoms with E-state index in [9.17, 15) is 22.8 Å². The van der Waals surface area contributed by atoms with Gasteiger partial charge in [-0.2, -0.15) is 18.3 Å². The van der Waals surface area contributed by atoms with Gasteiger partial charge >= 0.3 is 12.2 Å². The highest BCUT2D eigenvalue weighted by Gasteiger charge is 2.31. The molecule has 0 aliphatic carbocycles. The minimum absolute atomic E-state index is 0.189. The van der Waals surface area contributed by atoms with Crippen LogP contribution in [0.2, 0.25) is 0 Å². The third-order valence-electron chi connectivity index (χ3n) is 4.06. The summed E-state index contributed by atoms with van der Waals surface area (Å²) in [4.78, 5) is 27.6. The lowest BCUT2D eigenvalue weighted by atomic mass is 10.1. The van der Waals surface area contributed by atoms with Gasteiger partial charge in [0.25, 0.3) is 5.91 Å². The van der Waals surface area contributed by atoms with Gasteiger partial charge in [0.15, 0.2) is 0 Å². The number of halogens is 3. The van der Waals surface area contributed by atoms with Crippen LogP contribution in [-0.4, -0.2) is 58.1 Å². The van der Waals surface area contributed by atoms with E-state index in [1.807, 2.05) is 0 Å². The van der Waals surface area contributed by atoms with E-state index in [-0.39, 0.29) is 17.5 Å². The molecule has 138 valence electrons. The number of nitrogens with zero attached hydrogens (tertiary/aromatic N) is 3. The third kappa shape index (κ3) is 3.95. The van der Waals surface area contributed by atoms with E-state index in [1.165, 1.54) is 23.2 Å². The summed E-state index contributed by atoms with van der Waals surface area (Å²) < 4.78 is 37.8. The van der Waals surface area contributed by atoms with Crippen LogP contribution in [0.25, 0.3) is 0 Å². The van der Waals surface area contributed by atoms with Gasteiger partial charge in [0.1, 0.15) is 0 Å². The second-order valence-corrected chi connectivity index (χ2v) is 5.77. The van der Waals surface area contributed by atoms with Crippen LogP contribution in [0.3, 0.4) is 0 Å². The number of nitrogens with one attached hydrogen (secondary N) is 2. The van der Waals surface area contributed by atoms with E-state index in [0.29, 0.717) is 31.9 Å². The van der Waals surface area contributed by atoms with Gasteiger partial charge in [-0.1, -0.05) is 0 Å². The van der Waals surface area contributed by atoms with E-state index in [2.05, 4.69) is 15.5 Å². The Balaban J connectivity index is 1.55. The number of aromatic nitrogens is 2. The van der Waals surface area contributed by atoms with Crippen molar-refractivity contribution in [3.8, 4) is 0 Å². The minimum atomic E-state index is -4.43. The molecule has 0 unspecified atom stereocenters. The number of rotatable bonds is 2. The molecule has 3 amide bonds. The first-order chi connectivity index (χ1) is 12.3. The Hall–Kier alpha value is -3.04. The number of carbonyl (C=O) groups is 2. The molecule has 1 aromatic heterocycles. The van der Waals surface area contributed by atoms with Crippen molar-refractivity contribution < 1.29 is 22.8 Å². The minimum Gasteiger partial charge on any atom is -0.335 e. The number of aromatic amines is 1. The Bertz CT molecular complexity index is 766. The number of hydrogen-bond donors (Lipinski definition) is 2. The monoisotopic (exact) mass is 367 g/mol. The quantitative estimate of drug-likeness (QED) is 0.855. The number of alkyl halides is 3. The maximum atomic E-state index is 12.6. The fourth-order valence-electron chi connectivity index (χ4n) is 2.62. The van der Waals surface area contributed by atoms with Gasteiger partial charge in [-0.05, 0) is 24.3 Å². The Kier molecular flexibility index (Phi) is 4.83. The molecule has 7 nitrogen and oxygen atoms in total. The zero-order chi connectivity index (χ0) is 18.7. The van der Waals surface area contributed by atoms with E-state index >= 15 is 0 Å². The molecule has 0 saturated carbocycles. The zero-order valence-electron chi connectivity index (χ0n) is 13.6. The summed E-state index contributed by atoms with van der Waals surface area (Å²) in [5.74, 6) is -0.353. The van der Waals surface area contributed by atoms with Crippen molar-refractivity contribution in [1.82, 2.24) is 20.0 Å². The van der Waals surface area contributed by atoms with Crippen molar-refractivity contribution in [2.45, 2.75) is 6.18 Å². The molecule has 1 aromatic carbocycles. The number of anilines is 1. The highest BCUT2D eigenvalue weighted by Crippen LogP contribution is 2.29. The van der Waals surface area contributed by atoms with Crippen LogP contribution >= 0.6 is 0 Å². The summed E-state index contributed by atoms with van der Waals surface area (Å²) in [6, 6.07) is 3.82. The Morgan fingerprint density at radius 1 is 1.04 bits per heavy atom. The van der Waals surface area contributed by atoms with Gasteiger partial charge in [0.05, 0.1) is 17.4 Å². The Morgan fingerprint density at radius 3 is 2.19 bits per heavy atom. The number of hydrogen-bond acceptors (Lipinski definition) is 3. The van der Waals surface area contributed by atoms with Crippen LogP contribution in [0.15, 0.2) is 36.7 Å². The first-order valence-electron chi connectivity index (χ1n) is 7.86. The summed E-state index contributed by atoms with van der Waals surface area (Å²) in [6.07, 6.45) is -1.42. The molecule has 0 radical (unpaired) electrons. The zero-order valence-corrected chi connectivity index (χ0v) is 13.6. The lowest BCUT2D eigenvalue weighted by molar-refractivity contribution is -0.137. The van der Waals surface area contributed by atoms with E-state index in [1.54, 1.807) is 11.1 Å². The van der Waals surface area contributed by atoms with Crippen LogP contribution in [0.5, 0.6) is 0 Å². The number of amides is 3. The molecule has 0 atom stereocenters. The summed E-state index contributed by atoms with van der Waals surface area (Å²) in [5, 5.41) is 8.98. The summed E-state index contributed by atoms with van der Waals surface area (Å²) >= 11 is 0. The summed E-state index contributed by atoms with van der Waals surface area (Å²) in [7, 11) is 0. The number of benzene rings is 1. The van der Waals surface area contributed by atoms with Crippen LogP contribution in [0.4, 0.5) is 23.7 Å². The normalized spacial score (nSPS) is 15.0. The summed E-state index contributed by atoms with van der Waals surface area (Å²) in [5.41, 5.74) is -0.0673. The fraction of sp³-hybridized carbons (Fsp3) is 0.312. The van der Waals surface area contributed by atoms with Gasteiger partial charge in [-0.25, -0.2) is 4.79 Å². The molecule has 1 aliphatic heterocycles. The molecule has 2 aromatic rings. The molecule has 0 spiro atoms. The largest absolute Gasteiger partial charge is 0.416 e. The van der Waals surface area contributed by atoms with Gasteiger partial charge in [-0.15, -0.1) is 0 Å². The molecule has 0 bridgehead atoms. The second kappa shape index (κ2) is 7.06. The molecule has 1 aliphatic rings.